The summed E-state index contributed by atoms with van der Waals surface area (Å²) in [5.74, 6) is -0.0476. The summed E-state index contributed by atoms with van der Waals surface area (Å²) in [6.07, 6.45) is 1.33. The van der Waals surface area contributed by atoms with Crippen molar-refractivity contribution < 1.29 is 14.3 Å². The molecule has 0 radical (unpaired) electrons. The third-order valence-electron chi connectivity index (χ3n) is 3.82. The molecule has 2 amide bonds. The number of ether oxygens (including phenoxy) is 1. The van der Waals surface area contributed by atoms with Crippen LogP contribution in [0.15, 0.2) is 60.3 Å². The first-order valence-corrected chi connectivity index (χ1v) is 7.61. The van der Waals surface area contributed by atoms with Gasteiger partial charge in [-0.15, -0.1) is 0 Å². The second-order valence-electron chi connectivity index (χ2n) is 5.60. The maximum Gasteiger partial charge on any atom is 0.277 e. The van der Waals surface area contributed by atoms with Gasteiger partial charge < -0.3 is 10.1 Å². The predicted octanol–water partition coefficient (Wildman–Crippen LogP) is 2.87. The Labute approximate surface area is 140 Å². The fraction of sp³-hybridized carbons (Fsp3) is 0.158. The van der Waals surface area contributed by atoms with Gasteiger partial charge in [-0.2, -0.15) is 0 Å². The number of hydrogen-bond donors (Lipinski definition) is 1. The largest absolute Gasteiger partial charge is 0.495 e. The highest BCUT2D eigenvalue weighted by Gasteiger charge is 2.31. The maximum absolute atomic E-state index is 12.5. The van der Waals surface area contributed by atoms with Crippen LogP contribution in [0, 0.1) is 6.92 Å². The van der Waals surface area contributed by atoms with Crippen molar-refractivity contribution in [1.29, 1.82) is 0 Å². The van der Waals surface area contributed by atoms with Crippen LogP contribution in [0.5, 0.6) is 5.75 Å². The highest BCUT2D eigenvalue weighted by atomic mass is 16.5. The van der Waals surface area contributed by atoms with Crippen molar-refractivity contribution in [1.82, 2.24) is 4.90 Å². The first kappa shape index (κ1) is 15.8. The van der Waals surface area contributed by atoms with Crippen LogP contribution in [0.25, 0.3) is 0 Å². The molecule has 0 spiro atoms. The van der Waals surface area contributed by atoms with Crippen LogP contribution >= 0.6 is 0 Å². The molecule has 122 valence electrons. The molecule has 1 aliphatic rings. The SMILES string of the molecule is COc1ccc(C)cc1NC1=CC(=O)N(Cc2ccccc2)C1=O. The predicted molar refractivity (Wildman–Crippen MR) is 91.4 cm³/mol. The molecule has 0 bridgehead atoms. The van der Waals surface area contributed by atoms with E-state index in [1.807, 2.05) is 55.5 Å². The van der Waals surface area contributed by atoms with Gasteiger partial charge in [0.15, 0.2) is 0 Å². The van der Waals surface area contributed by atoms with Crippen molar-refractivity contribution in [3.8, 4) is 5.75 Å². The Kier molecular flexibility index (Phi) is 4.33. The Hall–Kier alpha value is -3.08. The minimum absolute atomic E-state index is 0.250. The number of nitrogens with zero attached hydrogens (tertiary/aromatic N) is 1. The average Bonchev–Trinajstić information content (AvgIpc) is 2.84. The van der Waals surface area contributed by atoms with Gasteiger partial charge in [0.25, 0.3) is 11.8 Å². The van der Waals surface area contributed by atoms with Crippen molar-refractivity contribution in [2.75, 3.05) is 12.4 Å². The number of imide groups is 1. The third-order valence-corrected chi connectivity index (χ3v) is 3.82. The van der Waals surface area contributed by atoms with E-state index in [4.69, 9.17) is 4.74 Å². The number of benzene rings is 2. The molecule has 0 saturated carbocycles. The molecule has 5 nitrogen and oxygen atoms in total. The van der Waals surface area contributed by atoms with Gasteiger partial charge in [0.1, 0.15) is 11.4 Å². The zero-order valence-corrected chi connectivity index (χ0v) is 13.6. The first-order valence-electron chi connectivity index (χ1n) is 7.61. The maximum atomic E-state index is 12.5. The molecule has 1 N–H and O–H groups in total. The molecule has 0 fully saturated rings. The fourth-order valence-corrected chi connectivity index (χ4v) is 2.58. The summed E-state index contributed by atoms with van der Waals surface area (Å²) in [6.45, 7) is 2.20. The first-order chi connectivity index (χ1) is 11.6. The van der Waals surface area contributed by atoms with Crippen molar-refractivity contribution in [3.63, 3.8) is 0 Å². The molecular formula is C19H18N2O3. The number of carbonyl (C=O) groups excluding carboxylic acids is 2. The van der Waals surface area contributed by atoms with E-state index in [-0.39, 0.29) is 24.1 Å². The Bertz CT molecular complexity index is 813. The third kappa shape index (κ3) is 3.15. The second kappa shape index (κ2) is 6.58. The highest BCUT2D eigenvalue weighted by Crippen LogP contribution is 2.28. The Morgan fingerprint density at radius 2 is 1.83 bits per heavy atom. The quantitative estimate of drug-likeness (QED) is 0.860. The summed E-state index contributed by atoms with van der Waals surface area (Å²) in [5, 5.41) is 3.02. The molecule has 2 aromatic carbocycles. The molecule has 5 heteroatoms. The van der Waals surface area contributed by atoms with Crippen LogP contribution in [0.1, 0.15) is 11.1 Å². The zero-order chi connectivity index (χ0) is 17.1. The molecule has 1 heterocycles. The van der Waals surface area contributed by atoms with E-state index >= 15 is 0 Å². The van der Waals surface area contributed by atoms with Gasteiger partial charge in [-0.25, -0.2) is 0 Å². The van der Waals surface area contributed by atoms with E-state index in [0.717, 1.165) is 11.1 Å². The number of rotatable bonds is 5. The van der Waals surface area contributed by atoms with Crippen LogP contribution < -0.4 is 10.1 Å². The molecule has 2 aromatic rings. The van der Waals surface area contributed by atoms with Crippen LogP contribution in [-0.2, 0) is 16.1 Å². The standard InChI is InChI=1S/C19H18N2O3/c1-13-8-9-17(24-2)15(10-13)20-16-11-18(22)21(19(16)23)12-14-6-4-3-5-7-14/h3-11,20H,12H2,1-2H3. The number of methoxy groups -OCH3 is 1. The van der Waals surface area contributed by atoms with Crippen LogP contribution in [0.3, 0.4) is 0 Å². The van der Waals surface area contributed by atoms with Gasteiger partial charge >= 0.3 is 0 Å². The van der Waals surface area contributed by atoms with Gasteiger partial charge in [-0.1, -0.05) is 36.4 Å². The number of amides is 2. The minimum atomic E-state index is -0.340. The summed E-state index contributed by atoms with van der Waals surface area (Å²) >= 11 is 0. The molecule has 1 aliphatic heterocycles. The second-order valence-corrected chi connectivity index (χ2v) is 5.60. The monoisotopic (exact) mass is 322 g/mol. The highest BCUT2D eigenvalue weighted by molar-refractivity contribution is 6.17. The van der Waals surface area contributed by atoms with Crippen LogP contribution in [0.4, 0.5) is 5.69 Å². The molecular weight excluding hydrogens is 304 g/mol. The van der Waals surface area contributed by atoms with Gasteiger partial charge in [0, 0.05) is 6.08 Å². The lowest BCUT2D eigenvalue weighted by Crippen LogP contribution is -2.31. The van der Waals surface area contributed by atoms with E-state index in [1.165, 1.54) is 11.0 Å². The Morgan fingerprint density at radius 1 is 1.08 bits per heavy atom. The van der Waals surface area contributed by atoms with E-state index in [0.29, 0.717) is 11.4 Å². The summed E-state index contributed by atoms with van der Waals surface area (Å²) < 4.78 is 5.30. The molecule has 0 aromatic heterocycles. The number of nitrogens with one attached hydrogen (secondary N) is 1. The average molecular weight is 322 g/mol. The lowest BCUT2D eigenvalue weighted by atomic mass is 10.2. The Morgan fingerprint density at radius 3 is 2.54 bits per heavy atom. The van der Waals surface area contributed by atoms with Gasteiger partial charge in [0.05, 0.1) is 19.3 Å². The summed E-state index contributed by atoms with van der Waals surface area (Å²) in [5.41, 5.74) is 2.84. The molecule has 24 heavy (non-hydrogen) atoms. The van der Waals surface area contributed by atoms with Crippen molar-refractivity contribution in [2.24, 2.45) is 0 Å². The molecule has 0 saturated heterocycles. The summed E-state index contributed by atoms with van der Waals surface area (Å²) in [6, 6.07) is 15.0. The molecule has 0 atom stereocenters. The van der Waals surface area contributed by atoms with Crippen molar-refractivity contribution >= 4 is 17.5 Å². The van der Waals surface area contributed by atoms with Crippen molar-refractivity contribution in [2.45, 2.75) is 13.5 Å². The Balaban J connectivity index is 1.79. The molecule has 3 rings (SSSR count). The van der Waals surface area contributed by atoms with E-state index < -0.39 is 0 Å². The van der Waals surface area contributed by atoms with Gasteiger partial charge in [0.2, 0.25) is 0 Å². The zero-order valence-electron chi connectivity index (χ0n) is 13.6. The van der Waals surface area contributed by atoms with E-state index in [2.05, 4.69) is 5.32 Å². The normalized spacial score (nSPS) is 13.9. The van der Waals surface area contributed by atoms with E-state index in [1.54, 1.807) is 7.11 Å². The lowest BCUT2D eigenvalue weighted by Gasteiger charge is -2.16. The van der Waals surface area contributed by atoms with Crippen LogP contribution in [-0.4, -0.2) is 23.8 Å². The number of carbonyl (C=O) groups is 2. The smallest absolute Gasteiger partial charge is 0.277 e. The molecule has 0 aliphatic carbocycles. The number of hydrogen-bond acceptors (Lipinski definition) is 4. The topological polar surface area (TPSA) is 58.6 Å². The summed E-state index contributed by atoms with van der Waals surface area (Å²) in [7, 11) is 1.56. The van der Waals surface area contributed by atoms with E-state index in [9.17, 15) is 9.59 Å². The van der Waals surface area contributed by atoms with Crippen LogP contribution in [0.2, 0.25) is 0 Å². The number of anilines is 1. The molecule has 0 unspecified atom stereocenters. The fourth-order valence-electron chi connectivity index (χ4n) is 2.58. The number of aryl methyl sites for hydroxylation is 1. The minimum Gasteiger partial charge on any atom is -0.495 e. The summed E-state index contributed by atoms with van der Waals surface area (Å²) in [4.78, 5) is 25.9. The van der Waals surface area contributed by atoms with Gasteiger partial charge in [-0.3, -0.25) is 14.5 Å². The van der Waals surface area contributed by atoms with Gasteiger partial charge in [-0.05, 0) is 30.2 Å². The van der Waals surface area contributed by atoms with Crippen molar-refractivity contribution in [3.05, 3.63) is 71.4 Å². The lowest BCUT2D eigenvalue weighted by molar-refractivity contribution is -0.137.